The molecule has 1 fully saturated rings. The van der Waals surface area contributed by atoms with Gasteiger partial charge >= 0.3 is 0 Å². The van der Waals surface area contributed by atoms with E-state index in [1.54, 1.807) is 4.57 Å². The van der Waals surface area contributed by atoms with Gasteiger partial charge in [-0.15, -0.1) is 11.6 Å². The largest absolute Gasteiger partial charge is 0.302 e. The van der Waals surface area contributed by atoms with E-state index in [4.69, 9.17) is 11.6 Å². The van der Waals surface area contributed by atoms with Crippen LogP contribution in [0.15, 0.2) is 29.1 Å². The second-order valence-corrected chi connectivity index (χ2v) is 5.45. The SMILES string of the molecule is O=c1c2ccccc2nc(CCl)n1CCN1CCCC1. The minimum absolute atomic E-state index is 0.0189. The van der Waals surface area contributed by atoms with Gasteiger partial charge in [-0.1, -0.05) is 12.1 Å². The van der Waals surface area contributed by atoms with Crippen LogP contribution in [0.5, 0.6) is 0 Å². The molecule has 20 heavy (non-hydrogen) atoms. The quantitative estimate of drug-likeness (QED) is 0.811. The molecule has 4 nitrogen and oxygen atoms in total. The molecule has 0 spiro atoms. The topological polar surface area (TPSA) is 38.1 Å². The lowest BCUT2D eigenvalue weighted by molar-refractivity contribution is 0.318. The zero-order valence-electron chi connectivity index (χ0n) is 11.4. The Morgan fingerprint density at radius 3 is 2.65 bits per heavy atom. The van der Waals surface area contributed by atoms with E-state index in [1.807, 2.05) is 24.3 Å². The van der Waals surface area contributed by atoms with Crippen molar-refractivity contribution >= 4 is 22.5 Å². The van der Waals surface area contributed by atoms with Crippen molar-refractivity contribution in [2.24, 2.45) is 0 Å². The molecule has 2 aromatic rings. The number of aromatic nitrogens is 2. The highest BCUT2D eigenvalue weighted by molar-refractivity contribution is 6.16. The van der Waals surface area contributed by atoms with E-state index in [1.165, 1.54) is 12.8 Å². The third-order valence-corrected chi connectivity index (χ3v) is 4.14. The fourth-order valence-electron chi connectivity index (χ4n) is 2.79. The van der Waals surface area contributed by atoms with Crippen LogP contribution in [0.3, 0.4) is 0 Å². The molecular weight excluding hydrogens is 274 g/mol. The Hall–Kier alpha value is -1.39. The molecule has 0 radical (unpaired) electrons. The van der Waals surface area contributed by atoms with Crippen molar-refractivity contribution in [3.8, 4) is 0 Å². The van der Waals surface area contributed by atoms with Gasteiger partial charge in [-0.25, -0.2) is 4.98 Å². The zero-order chi connectivity index (χ0) is 13.9. The maximum atomic E-state index is 12.6. The summed E-state index contributed by atoms with van der Waals surface area (Å²) < 4.78 is 1.73. The second-order valence-electron chi connectivity index (χ2n) is 5.18. The highest BCUT2D eigenvalue weighted by Gasteiger charge is 2.14. The monoisotopic (exact) mass is 291 g/mol. The molecular formula is C15H18ClN3O. The minimum Gasteiger partial charge on any atom is -0.302 e. The van der Waals surface area contributed by atoms with Crippen LogP contribution in [0.25, 0.3) is 10.9 Å². The van der Waals surface area contributed by atoms with Crippen LogP contribution in [-0.2, 0) is 12.4 Å². The van der Waals surface area contributed by atoms with Gasteiger partial charge in [-0.05, 0) is 38.1 Å². The summed E-state index contributed by atoms with van der Waals surface area (Å²) in [6, 6.07) is 7.45. The Labute approximate surface area is 123 Å². The fourth-order valence-corrected chi connectivity index (χ4v) is 3.00. The second kappa shape index (κ2) is 5.94. The van der Waals surface area contributed by atoms with Crippen LogP contribution in [0.2, 0.25) is 0 Å². The number of alkyl halides is 1. The molecule has 1 aromatic carbocycles. The summed E-state index contributed by atoms with van der Waals surface area (Å²) in [6.45, 7) is 3.82. The van der Waals surface area contributed by atoms with Crippen molar-refractivity contribution < 1.29 is 0 Å². The Bertz CT molecular complexity index is 662. The average molecular weight is 292 g/mol. The van der Waals surface area contributed by atoms with Crippen molar-refractivity contribution in [3.05, 3.63) is 40.4 Å². The lowest BCUT2D eigenvalue weighted by Crippen LogP contribution is -2.31. The summed E-state index contributed by atoms with van der Waals surface area (Å²) in [7, 11) is 0. The number of hydrogen-bond acceptors (Lipinski definition) is 3. The predicted molar refractivity (Wildman–Crippen MR) is 81.2 cm³/mol. The van der Waals surface area contributed by atoms with Crippen molar-refractivity contribution in [2.75, 3.05) is 19.6 Å². The first-order valence-corrected chi connectivity index (χ1v) is 7.60. The van der Waals surface area contributed by atoms with E-state index in [-0.39, 0.29) is 11.4 Å². The minimum atomic E-state index is 0.0189. The molecule has 5 heteroatoms. The first-order valence-electron chi connectivity index (χ1n) is 7.06. The van der Waals surface area contributed by atoms with Crippen LogP contribution in [0, 0.1) is 0 Å². The summed E-state index contributed by atoms with van der Waals surface area (Å²) in [5.74, 6) is 0.926. The molecule has 0 aliphatic carbocycles. The van der Waals surface area contributed by atoms with Crippen LogP contribution in [0.1, 0.15) is 18.7 Å². The van der Waals surface area contributed by atoms with Crippen molar-refractivity contribution in [2.45, 2.75) is 25.3 Å². The van der Waals surface area contributed by atoms with Crippen molar-refractivity contribution in [1.82, 2.24) is 14.5 Å². The molecule has 1 aliphatic rings. The summed E-state index contributed by atoms with van der Waals surface area (Å²) in [5.41, 5.74) is 0.746. The van der Waals surface area contributed by atoms with Crippen LogP contribution in [-0.4, -0.2) is 34.1 Å². The molecule has 0 N–H and O–H groups in total. The van der Waals surface area contributed by atoms with E-state index >= 15 is 0 Å². The number of para-hydroxylation sites is 1. The van der Waals surface area contributed by atoms with Crippen LogP contribution < -0.4 is 5.56 Å². The highest BCUT2D eigenvalue weighted by atomic mass is 35.5. The van der Waals surface area contributed by atoms with Gasteiger partial charge in [-0.2, -0.15) is 0 Å². The molecule has 0 saturated carbocycles. The van der Waals surface area contributed by atoms with E-state index < -0.39 is 0 Å². The lowest BCUT2D eigenvalue weighted by atomic mass is 10.2. The number of rotatable bonds is 4. The summed E-state index contributed by atoms with van der Waals surface area (Å²) in [6.07, 6.45) is 2.51. The Kier molecular flexibility index (Phi) is 4.03. The van der Waals surface area contributed by atoms with Gasteiger partial charge in [0.15, 0.2) is 0 Å². The smallest absolute Gasteiger partial charge is 0.261 e. The van der Waals surface area contributed by atoms with Gasteiger partial charge < -0.3 is 4.90 Å². The Morgan fingerprint density at radius 1 is 1.15 bits per heavy atom. The maximum absolute atomic E-state index is 12.6. The number of halogens is 1. The summed E-state index contributed by atoms with van der Waals surface area (Å²) >= 11 is 5.96. The molecule has 106 valence electrons. The molecule has 0 unspecified atom stereocenters. The molecule has 0 amide bonds. The first-order chi connectivity index (χ1) is 9.79. The average Bonchev–Trinajstić information content (AvgIpc) is 2.99. The van der Waals surface area contributed by atoms with Gasteiger partial charge in [0.25, 0.3) is 5.56 Å². The van der Waals surface area contributed by atoms with E-state index in [9.17, 15) is 4.79 Å². The van der Waals surface area contributed by atoms with Crippen LogP contribution >= 0.6 is 11.6 Å². The number of benzene rings is 1. The lowest BCUT2D eigenvalue weighted by Gasteiger charge is -2.17. The molecule has 0 atom stereocenters. The number of fused-ring (bicyclic) bond motifs is 1. The number of hydrogen-bond donors (Lipinski definition) is 0. The summed E-state index contributed by atoms with van der Waals surface area (Å²) in [4.78, 5) is 19.5. The molecule has 2 heterocycles. The Morgan fingerprint density at radius 2 is 1.90 bits per heavy atom. The van der Waals surface area contributed by atoms with E-state index in [0.29, 0.717) is 17.8 Å². The Balaban J connectivity index is 1.95. The standard InChI is InChI=1S/C15H18ClN3O/c16-11-14-17-13-6-2-1-5-12(13)15(20)19(14)10-9-18-7-3-4-8-18/h1-2,5-6H,3-4,7-11H2. The highest BCUT2D eigenvalue weighted by Crippen LogP contribution is 2.11. The summed E-state index contributed by atoms with van der Waals surface area (Å²) in [5, 5.41) is 0.669. The molecule has 0 bridgehead atoms. The molecule has 3 rings (SSSR count). The third kappa shape index (κ3) is 2.58. The zero-order valence-corrected chi connectivity index (χ0v) is 12.1. The fraction of sp³-hybridized carbons (Fsp3) is 0.467. The van der Waals surface area contributed by atoms with Gasteiger partial charge in [0.1, 0.15) is 5.82 Å². The van der Waals surface area contributed by atoms with Gasteiger partial charge in [0.05, 0.1) is 16.8 Å². The molecule has 1 aromatic heterocycles. The third-order valence-electron chi connectivity index (χ3n) is 3.90. The normalized spacial score (nSPS) is 16.1. The van der Waals surface area contributed by atoms with Crippen molar-refractivity contribution in [1.29, 1.82) is 0 Å². The molecule has 1 aliphatic heterocycles. The van der Waals surface area contributed by atoms with E-state index in [2.05, 4.69) is 9.88 Å². The van der Waals surface area contributed by atoms with Gasteiger partial charge in [0.2, 0.25) is 0 Å². The van der Waals surface area contributed by atoms with Gasteiger partial charge in [-0.3, -0.25) is 9.36 Å². The number of nitrogens with zero attached hydrogens (tertiary/aromatic N) is 3. The maximum Gasteiger partial charge on any atom is 0.261 e. The van der Waals surface area contributed by atoms with Crippen molar-refractivity contribution in [3.63, 3.8) is 0 Å². The predicted octanol–water partition coefficient (Wildman–Crippen LogP) is 2.23. The first kappa shape index (κ1) is 13.6. The van der Waals surface area contributed by atoms with E-state index in [0.717, 1.165) is 25.2 Å². The van der Waals surface area contributed by atoms with Crippen LogP contribution in [0.4, 0.5) is 0 Å². The molecule has 1 saturated heterocycles. The number of likely N-dealkylation sites (tertiary alicyclic amines) is 1. The van der Waals surface area contributed by atoms with Gasteiger partial charge in [0, 0.05) is 13.1 Å².